The molecule has 3 nitrogen and oxygen atoms in total. The summed E-state index contributed by atoms with van der Waals surface area (Å²) in [4.78, 5) is 11.5. The topological polar surface area (TPSA) is 52.3 Å². The van der Waals surface area contributed by atoms with Gasteiger partial charge in [0.15, 0.2) is 0 Å². The average Bonchev–Trinajstić information content (AvgIpc) is 2.02. The minimum absolute atomic E-state index is 0.322. The molecule has 14 heavy (non-hydrogen) atoms. The fourth-order valence-corrected chi connectivity index (χ4v) is 0.956. The maximum atomic E-state index is 11.5. The third-order valence-electron chi connectivity index (χ3n) is 1.55. The molecule has 0 aliphatic rings. The number of nitrogen functional groups attached to an aromatic ring is 1. The normalized spacial score (nSPS) is 11.1. The summed E-state index contributed by atoms with van der Waals surface area (Å²) < 4.78 is 5.18. The number of hydrogen-bond donors (Lipinski definition) is 1. The predicted molar refractivity (Wildman–Crippen MR) is 56.0 cm³/mol. The van der Waals surface area contributed by atoms with Gasteiger partial charge in [0.2, 0.25) is 0 Å². The maximum Gasteiger partial charge on any atom is 0.338 e. The van der Waals surface area contributed by atoms with Gasteiger partial charge in [0.25, 0.3) is 0 Å². The highest BCUT2D eigenvalue weighted by atomic mass is 16.6. The van der Waals surface area contributed by atoms with E-state index in [0.717, 1.165) is 0 Å². The number of nitrogens with two attached hydrogens (primary N) is 1. The van der Waals surface area contributed by atoms with Crippen LogP contribution in [0.4, 0.5) is 5.69 Å². The lowest BCUT2D eigenvalue weighted by Gasteiger charge is -2.19. The zero-order chi connectivity index (χ0) is 10.8. The highest BCUT2D eigenvalue weighted by molar-refractivity contribution is 5.90. The van der Waals surface area contributed by atoms with Gasteiger partial charge in [-0.1, -0.05) is 0 Å². The molecule has 0 aliphatic carbocycles. The molecule has 0 bridgehead atoms. The van der Waals surface area contributed by atoms with E-state index in [1.807, 2.05) is 20.8 Å². The molecule has 0 aliphatic heterocycles. The average molecular weight is 199 g/mol. The van der Waals surface area contributed by atoms with Crippen molar-refractivity contribution in [1.82, 2.24) is 0 Å². The van der Waals surface area contributed by atoms with E-state index in [9.17, 15) is 4.79 Å². The first-order chi connectivity index (χ1) is 6.38. The maximum absolute atomic E-state index is 11.5. The first-order valence-corrected chi connectivity index (χ1v) is 4.47. The van der Waals surface area contributed by atoms with Gasteiger partial charge < -0.3 is 10.5 Å². The van der Waals surface area contributed by atoms with Crippen molar-refractivity contribution in [2.75, 3.05) is 5.73 Å². The van der Waals surface area contributed by atoms with Crippen molar-refractivity contribution >= 4 is 11.7 Å². The summed E-state index contributed by atoms with van der Waals surface area (Å²) >= 11 is 0. The largest absolute Gasteiger partial charge is 0.456 e. The number of anilines is 1. The fraction of sp³-hybridized carbons (Fsp3) is 0.364. The Bertz CT molecular complexity index is 322. The zero-order valence-electron chi connectivity index (χ0n) is 8.70. The summed E-state index contributed by atoms with van der Waals surface area (Å²) in [5.41, 5.74) is 6.20. The molecule has 0 radical (unpaired) electrons. The molecule has 0 amide bonds. The lowest BCUT2D eigenvalue weighted by molar-refractivity contribution is 0.00696. The van der Waals surface area contributed by atoms with Crippen LogP contribution in [0.25, 0.3) is 0 Å². The Labute approximate surface area is 83.9 Å². The van der Waals surface area contributed by atoms with Crippen LogP contribution in [-0.2, 0) is 4.74 Å². The van der Waals surface area contributed by atoms with Crippen LogP contribution in [0.1, 0.15) is 31.1 Å². The first kappa shape index (κ1) is 10.6. The van der Waals surface area contributed by atoms with Crippen molar-refractivity contribution in [2.45, 2.75) is 26.4 Å². The molecule has 1 rings (SSSR count). The standard InChI is InChI=1S/C11H15NO2/c1-11(2,3)14-10(13)8-4-6-9(12)7-5-8/h4-7H,12H2,1-3H3/i4+1,5+1,6+1,7+1,8+1,9+1. The van der Waals surface area contributed by atoms with Crippen molar-refractivity contribution in [3.63, 3.8) is 0 Å². The van der Waals surface area contributed by atoms with Crippen LogP contribution in [0.2, 0.25) is 0 Å². The molecule has 0 fully saturated rings. The van der Waals surface area contributed by atoms with Crippen molar-refractivity contribution in [3.8, 4) is 0 Å². The molecule has 1 aromatic carbocycles. The molecular formula is C11H15NO2. The van der Waals surface area contributed by atoms with Crippen LogP contribution in [0.5, 0.6) is 0 Å². The van der Waals surface area contributed by atoms with Gasteiger partial charge in [-0.3, -0.25) is 0 Å². The van der Waals surface area contributed by atoms with Gasteiger partial charge in [-0.15, -0.1) is 0 Å². The molecule has 0 atom stereocenters. The summed E-state index contributed by atoms with van der Waals surface area (Å²) in [6.07, 6.45) is 0. The number of ether oxygens (including phenoxy) is 1. The van der Waals surface area contributed by atoms with Crippen LogP contribution in [0.3, 0.4) is 0 Å². The van der Waals surface area contributed by atoms with E-state index < -0.39 is 5.60 Å². The van der Waals surface area contributed by atoms with Gasteiger partial charge in [-0.05, 0) is 45.0 Å². The summed E-state index contributed by atoms with van der Waals surface area (Å²) in [5.74, 6) is -0.322. The van der Waals surface area contributed by atoms with Crippen molar-refractivity contribution in [1.29, 1.82) is 0 Å². The lowest BCUT2D eigenvalue weighted by atomic mass is 10.2. The summed E-state index contributed by atoms with van der Waals surface area (Å²) in [7, 11) is 0. The molecule has 0 saturated heterocycles. The minimum Gasteiger partial charge on any atom is -0.456 e. The van der Waals surface area contributed by atoms with E-state index in [4.69, 9.17) is 10.5 Å². The second-order valence-corrected chi connectivity index (χ2v) is 4.12. The quantitative estimate of drug-likeness (QED) is 0.557. The molecule has 0 saturated carbocycles. The zero-order valence-corrected chi connectivity index (χ0v) is 8.70. The monoisotopic (exact) mass is 199 g/mol. The Morgan fingerprint density at radius 3 is 2.14 bits per heavy atom. The second kappa shape index (κ2) is 3.70. The Hall–Kier alpha value is -1.51. The molecule has 0 unspecified atom stereocenters. The van der Waals surface area contributed by atoms with Crippen LogP contribution in [0.15, 0.2) is 24.3 Å². The highest BCUT2D eigenvalue weighted by Crippen LogP contribution is 2.13. The van der Waals surface area contributed by atoms with Crippen molar-refractivity contribution in [3.05, 3.63) is 29.8 Å². The van der Waals surface area contributed by atoms with Gasteiger partial charge in [0.1, 0.15) is 5.60 Å². The Morgan fingerprint density at radius 2 is 1.71 bits per heavy atom. The van der Waals surface area contributed by atoms with Gasteiger partial charge in [0, 0.05) is 5.69 Å². The van der Waals surface area contributed by atoms with E-state index in [0.29, 0.717) is 11.3 Å². The summed E-state index contributed by atoms with van der Waals surface area (Å²) in [5, 5.41) is 0. The van der Waals surface area contributed by atoms with E-state index in [-0.39, 0.29) is 5.97 Å². The Morgan fingerprint density at radius 1 is 1.21 bits per heavy atom. The molecule has 1 aromatic rings. The first-order valence-electron chi connectivity index (χ1n) is 4.47. The summed E-state index contributed by atoms with van der Waals surface area (Å²) in [6, 6.07) is 6.67. The predicted octanol–water partition coefficient (Wildman–Crippen LogP) is 2.22. The molecule has 76 valence electrons. The van der Waals surface area contributed by atoms with E-state index in [1.165, 1.54) is 0 Å². The fourth-order valence-electron chi connectivity index (χ4n) is 0.956. The number of rotatable bonds is 1. The Kier molecular flexibility index (Phi) is 2.79. The molecular weight excluding hydrogens is 184 g/mol. The molecule has 0 aromatic heterocycles. The third kappa shape index (κ3) is 3.09. The number of benzene rings is 1. The van der Waals surface area contributed by atoms with Gasteiger partial charge >= 0.3 is 5.97 Å². The minimum atomic E-state index is -0.460. The van der Waals surface area contributed by atoms with E-state index in [2.05, 4.69) is 0 Å². The third-order valence-corrected chi connectivity index (χ3v) is 1.55. The smallest absolute Gasteiger partial charge is 0.338 e. The van der Waals surface area contributed by atoms with Gasteiger partial charge in [-0.25, -0.2) is 4.79 Å². The van der Waals surface area contributed by atoms with Crippen molar-refractivity contribution < 1.29 is 9.53 Å². The van der Waals surface area contributed by atoms with E-state index >= 15 is 0 Å². The van der Waals surface area contributed by atoms with Gasteiger partial charge in [-0.2, -0.15) is 0 Å². The summed E-state index contributed by atoms with van der Waals surface area (Å²) in [6.45, 7) is 5.51. The van der Waals surface area contributed by atoms with Crippen LogP contribution >= 0.6 is 0 Å². The number of hydrogen-bond acceptors (Lipinski definition) is 3. The van der Waals surface area contributed by atoms with Crippen LogP contribution in [0, 0.1) is 0 Å². The highest BCUT2D eigenvalue weighted by Gasteiger charge is 2.17. The SMILES string of the molecule is CC(C)(C)OC(=O)[13c]1[13cH][13cH][13c](N)[13cH][13cH]1. The molecule has 2 N–H and O–H groups in total. The molecule has 0 spiro atoms. The second-order valence-electron chi connectivity index (χ2n) is 4.12. The lowest BCUT2D eigenvalue weighted by Crippen LogP contribution is -2.23. The number of carbonyl (C=O) groups excluding carboxylic acids is 1. The van der Waals surface area contributed by atoms with E-state index in [1.54, 1.807) is 24.3 Å². The number of carbonyl (C=O) groups is 1. The number of esters is 1. The van der Waals surface area contributed by atoms with Gasteiger partial charge in [0.05, 0.1) is 5.56 Å². The van der Waals surface area contributed by atoms with Crippen molar-refractivity contribution in [2.24, 2.45) is 0 Å². The Balaban J connectivity index is 2.76. The molecule has 0 heterocycles. The molecule has 3 heteroatoms. The van der Waals surface area contributed by atoms with Crippen LogP contribution < -0.4 is 5.73 Å². The van der Waals surface area contributed by atoms with Crippen LogP contribution in [-0.4, -0.2) is 11.6 Å².